The van der Waals surface area contributed by atoms with E-state index in [4.69, 9.17) is 15.2 Å². The van der Waals surface area contributed by atoms with Gasteiger partial charge < -0.3 is 25.4 Å². The lowest BCUT2D eigenvalue weighted by atomic mass is 10.1. The van der Waals surface area contributed by atoms with Crippen LogP contribution in [-0.2, 0) is 16.1 Å². The van der Waals surface area contributed by atoms with Crippen LogP contribution >= 0.6 is 24.0 Å². The van der Waals surface area contributed by atoms with Gasteiger partial charge in [-0.2, -0.15) is 0 Å². The van der Waals surface area contributed by atoms with E-state index in [1.54, 1.807) is 25.2 Å². The highest BCUT2D eigenvalue weighted by molar-refractivity contribution is 14.0. The van der Waals surface area contributed by atoms with E-state index in [0.717, 1.165) is 17.1 Å². The normalized spacial score (nSPS) is 18.8. The topological polar surface area (TPSA) is 89.2 Å². The number of morpholine rings is 1. The van der Waals surface area contributed by atoms with Crippen molar-refractivity contribution in [3.05, 3.63) is 65.5 Å². The molecule has 3 rings (SSSR count). The van der Waals surface area contributed by atoms with Gasteiger partial charge in [0, 0.05) is 20.1 Å². The number of hydrogen-bond donors (Lipinski definition) is 2. The highest BCUT2D eigenvalue weighted by atomic mass is 127. The number of ether oxygens (including phenoxy) is 2. The van der Waals surface area contributed by atoms with Gasteiger partial charge in [0.15, 0.2) is 12.6 Å². The van der Waals surface area contributed by atoms with Gasteiger partial charge in [-0.3, -0.25) is 9.79 Å². The van der Waals surface area contributed by atoms with Gasteiger partial charge in [-0.25, -0.2) is 4.39 Å². The molecule has 2 unspecified atom stereocenters. The fourth-order valence-corrected chi connectivity index (χ4v) is 3.40. The summed E-state index contributed by atoms with van der Waals surface area (Å²) >= 11 is 0. The largest absolute Gasteiger partial charge is 0.484 e. The SMILES string of the molecule is CN=C(NCc1cccc(OCC(N)=O)c1)N1CC(C)OC(c2ccc(F)cc2)C1.I. The molecule has 1 heterocycles. The Morgan fingerprint density at radius 2 is 2.03 bits per heavy atom. The van der Waals surface area contributed by atoms with Crippen molar-refractivity contribution >= 4 is 35.8 Å². The number of guanidine groups is 1. The first-order valence-electron chi connectivity index (χ1n) is 9.81. The number of aliphatic imine (C=N–C) groups is 1. The minimum Gasteiger partial charge on any atom is -0.484 e. The minimum absolute atomic E-state index is 0. The minimum atomic E-state index is -0.518. The number of primary amides is 1. The standard InChI is InChI=1S/C22H27FN4O3.HI/c1-15-12-27(13-20(30-15)17-6-8-18(23)9-7-17)22(25-2)26-11-16-4-3-5-19(10-16)29-14-21(24)28;/h3-10,15,20H,11-14H2,1-2H3,(H2,24,28)(H,25,26);1H. The average molecular weight is 542 g/mol. The summed E-state index contributed by atoms with van der Waals surface area (Å²) in [4.78, 5) is 17.4. The Labute approximate surface area is 198 Å². The zero-order chi connectivity index (χ0) is 21.5. The number of carbonyl (C=O) groups excluding carboxylic acids is 1. The zero-order valence-corrected chi connectivity index (χ0v) is 19.9. The lowest BCUT2D eigenvalue weighted by molar-refractivity contribution is -0.119. The molecule has 1 amide bonds. The Balaban J connectivity index is 0.00000341. The third-order valence-corrected chi connectivity index (χ3v) is 4.74. The molecule has 7 nitrogen and oxygen atoms in total. The second kappa shape index (κ2) is 11.8. The molecule has 1 saturated heterocycles. The molecular weight excluding hydrogens is 514 g/mol. The summed E-state index contributed by atoms with van der Waals surface area (Å²) in [7, 11) is 1.74. The van der Waals surface area contributed by atoms with Crippen LogP contribution in [0.25, 0.3) is 0 Å². The van der Waals surface area contributed by atoms with Gasteiger partial charge in [0.1, 0.15) is 17.7 Å². The van der Waals surface area contributed by atoms with Crippen molar-refractivity contribution in [1.82, 2.24) is 10.2 Å². The molecule has 168 valence electrons. The summed E-state index contributed by atoms with van der Waals surface area (Å²) in [6.45, 7) is 3.69. The lowest BCUT2D eigenvalue weighted by Gasteiger charge is -2.38. The number of nitrogens with two attached hydrogens (primary N) is 1. The Morgan fingerprint density at radius 1 is 1.29 bits per heavy atom. The Morgan fingerprint density at radius 3 is 2.71 bits per heavy atom. The van der Waals surface area contributed by atoms with Crippen molar-refractivity contribution < 1.29 is 18.7 Å². The lowest BCUT2D eigenvalue weighted by Crippen LogP contribution is -2.50. The van der Waals surface area contributed by atoms with Crippen LogP contribution in [0.3, 0.4) is 0 Å². The summed E-state index contributed by atoms with van der Waals surface area (Å²) in [6.07, 6.45) is -0.170. The molecule has 0 aliphatic carbocycles. The number of carbonyl (C=O) groups is 1. The van der Waals surface area contributed by atoms with Crippen molar-refractivity contribution in [3.63, 3.8) is 0 Å². The van der Waals surface area contributed by atoms with Gasteiger partial charge in [0.25, 0.3) is 5.91 Å². The number of amides is 1. The first kappa shape index (κ1) is 24.9. The maximum atomic E-state index is 13.3. The fraction of sp³-hybridized carbons (Fsp3) is 0.364. The summed E-state index contributed by atoms with van der Waals surface area (Å²) in [5.74, 6) is 0.551. The number of halogens is 2. The first-order valence-corrected chi connectivity index (χ1v) is 9.81. The number of nitrogens with zero attached hydrogens (tertiary/aromatic N) is 2. The molecule has 0 aromatic heterocycles. The van der Waals surface area contributed by atoms with E-state index >= 15 is 0 Å². The Bertz CT molecular complexity index is 895. The third kappa shape index (κ3) is 7.35. The molecular formula is C22H28FIN4O3. The van der Waals surface area contributed by atoms with E-state index in [9.17, 15) is 9.18 Å². The molecule has 1 aliphatic rings. The molecule has 9 heteroatoms. The predicted molar refractivity (Wildman–Crippen MR) is 128 cm³/mol. The molecule has 1 fully saturated rings. The second-order valence-corrected chi connectivity index (χ2v) is 7.20. The molecule has 2 aromatic carbocycles. The fourth-order valence-electron chi connectivity index (χ4n) is 3.40. The quantitative estimate of drug-likeness (QED) is 0.333. The van der Waals surface area contributed by atoms with Crippen LogP contribution in [0.1, 0.15) is 24.2 Å². The molecule has 31 heavy (non-hydrogen) atoms. The third-order valence-electron chi connectivity index (χ3n) is 4.74. The number of nitrogens with one attached hydrogen (secondary N) is 1. The molecule has 0 radical (unpaired) electrons. The maximum Gasteiger partial charge on any atom is 0.255 e. The summed E-state index contributed by atoms with van der Waals surface area (Å²) in [5, 5.41) is 3.36. The Hall–Kier alpha value is -2.40. The highest BCUT2D eigenvalue weighted by Gasteiger charge is 2.28. The highest BCUT2D eigenvalue weighted by Crippen LogP contribution is 2.25. The molecule has 0 saturated carbocycles. The van der Waals surface area contributed by atoms with E-state index in [1.807, 2.05) is 25.1 Å². The molecule has 0 spiro atoms. The van der Waals surface area contributed by atoms with E-state index in [0.29, 0.717) is 25.4 Å². The van der Waals surface area contributed by atoms with Crippen molar-refractivity contribution in [2.45, 2.75) is 25.7 Å². The second-order valence-electron chi connectivity index (χ2n) is 7.20. The van der Waals surface area contributed by atoms with Crippen LogP contribution in [0, 0.1) is 5.82 Å². The van der Waals surface area contributed by atoms with Gasteiger partial charge >= 0.3 is 0 Å². The average Bonchev–Trinajstić information content (AvgIpc) is 2.73. The van der Waals surface area contributed by atoms with Crippen molar-refractivity contribution in [1.29, 1.82) is 0 Å². The van der Waals surface area contributed by atoms with Gasteiger partial charge in [-0.05, 0) is 42.3 Å². The molecule has 2 atom stereocenters. The predicted octanol–water partition coefficient (Wildman–Crippen LogP) is 2.85. The van der Waals surface area contributed by atoms with Crippen LogP contribution < -0.4 is 15.8 Å². The van der Waals surface area contributed by atoms with Gasteiger partial charge in [-0.1, -0.05) is 24.3 Å². The van der Waals surface area contributed by atoms with E-state index in [2.05, 4.69) is 15.2 Å². The zero-order valence-electron chi connectivity index (χ0n) is 17.6. The Kier molecular flexibility index (Phi) is 9.50. The van der Waals surface area contributed by atoms with Crippen LogP contribution in [0.4, 0.5) is 4.39 Å². The summed E-state index contributed by atoms with van der Waals surface area (Å²) < 4.78 is 24.7. The van der Waals surface area contributed by atoms with Gasteiger partial charge in [0.2, 0.25) is 0 Å². The first-order chi connectivity index (χ1) is 14.4. The van der Waals surface area contributed by atoms with Crippen LogP contribution in [0.5, 0.6) is 5.75 Å². The number of benzene rings is 2. The molecule has 0 bridgehead atoms. The van der Waals surface area contributed by atoms with E-state index in [1.165, 1.54) is 12.1 Å². The van der Waals surface area contributed by atoms with Crippen LogP contribution in [0.15, 0.2) is 53.5 Å². The van der Waals surface area contributed by atoms with Crippen molar-refractivity contribution in [2.75, 3.05) is 26.7 Å². The number of rotatable bonds is 6. The summed E-state index contributed by atoms with van der Waals surface area (Å²) in [5.41, 5.74) is 7.04. The van der Waals surface area contributed by atoms with Crippen LogP contribution in [-0.4, -0.2) is 49.6 Å². The molecule has 1 aliphatic heterocycles. The van der Waals surface area contributed by atoms with Gasteiger partial charge in [0.05, 0.1) is 12.6 Å². The smallest absolute Gasteiger partial charge is 0.255 e. The molecule has 3 N–H and O–H groups in total. The van der Waals surface area contributed by atoms with Gasteiger partial charge in [-0.15, -0.1) is 24.0 Å². The molecule has 2 aromatic rings. The van der Waals surface area contributed by atoms with Crippen LogP contribution in [0.2, 0.25) is 0 Å². The maximum absolute atomic E-state index is 13.3. The monoisotopic (exact) mass is 542 g/mol. The summed E-state index contributed by atoms with van der Waals surface area (Å²) in [6, 6.07) is 13.8. The van der Waals surface area contributed by atoms with E-state index in [-0.39, 0.29) is 48.6 Å². The van der Waals surface area contributed by atoms with Crippen molar-refractivity contribution in [3.8, 4) is 5.75 Å². The number of hydrogen-bond acceptors (Lipinski definition) is 4. The van der Waals surface area contributed by atoms with Crippen molar-refractivity contribution in [2.24, 2.45) is 10.7 Å². The van der Waals surface area contributed by atoms with E-state index < -0.39 is 5.91 Å².